The van der Waals surface area contributed by atoms with E-state index in [0.29, 0.717) is 11.3 Å². The van der Waals surface area contributed by atoms with Gasteiger partial charge in [-0.1, -0.05) is 48.0 Å². The highest BCUT2D eigenvalue weighted by molar-refractivity contribution is 6.48. The van der Waals surface area contributed by atoms with E-state index in [1.54, 1.807) is 0 Å². The smallest absolute Gasteiger partial charge is 0.309 e. The summed E-state index contributed by atoms with van der Waals surface area (Å²) in [6, 6.07) is 0. The van der Waals surface area contributed by atoms with E-state index in [4.69, 9.17) is 9.16 Å². The van der Waals surface area contributed by atoms with Gasteiger partial charge in [0.05, 0.1) is 11.5 Å². The van der Waals surface area contributed by atoms with Gasteiger partial charge < -0.3 is 9.16 Å². The molecular formula is C24H44O3Si. The number of hydrogen-bond donors (Lipinski definition) is 0. The molecule has 0 bridgehead atoms. The van der Waals surface area contributed by atoms with Crippen molar-refractivity contribution in [3.05, 3.63) is 0 Å². The van der Waals surface area contributed by atoms with Crippen LogP contribution in [-0.2, 0) is 14.0 Å². The maximum Gasteiger partial charge on any atom is 0.309 e. The van der Waals surface area contributed by atoms with Crippen LogP contribution in [0.3, 0.4) is 0 Å². The monoisotopic (exact) mass is 408 g/mol. The molecule has 28 heavy (non-hydrogen) atoms. The zero-order valence-electron chi connectivity index (χ0n) is 19.6. The summed E-state index contributed by atoms with van der Waals surface area (Å²) in [5.41, 5.74) is 0.561. The molecule has 3 nitrogen and oxygen atoms in total. The largest absolute Gasteiger partial charge is 0.462 e. The molecule has 3 aliphatic rings. The van der Waals surface area contributed by atoms with Gasteiger partial charge in [0.1, 0.15) is 6.10 Å². The van der Waals surface area contributed by atoms with Gasteiger partial charge in [-0.05, 0) is 80.2 Å². The molecule has 2 saturated carbocycles. The quantitative estimate of drug-likeness (QED) is 0.415. The molecule has 0 amide bonds. The Morgan fingerprint density at radius 2 is 1.93 bits per heavy atom. The van der Waals surface area contributed by atoms with Gasteiger partial charge in [-0.15, -0.1) is 0 Å². The summed E-state index contributed by atoms with van der Waals surface area (Å²) in [6.07, 6.45) is 8.37. The number of ether oxygens (including phenoxy) is 1. The molecule has 1 heterocycles. The van der Waals surface area contributed by atoms with Gasteiger partial charge >= 0.3 is 5.97 Å². The van der Waals surface area contributed by atoms with Crippen molar-refractivity contribution in [2.45, 2.75) is 111 Å². The molecule has 3 fully saturated rings. The Bertz CT molecular complexity index is 583. The topological polar surface area (TPSA) is 35.5 Å². The second kappa shape index (κ2) is 7.72. The van der Waals surface area contributed by atoms with Crippen LogP contribution in [0.5, 0.6) is 0 Å². The van der Waals surface area contributed by atoms with Crippen molar-refractivity contribution in [3.63, 3.8) is 0 Å². The van der Waals surface area contributed by atoms with Gasteiger partial charge in [0, 0.05) is 0 Å². The van der Waals surface area contributed by atoms with Crippen LogP contribution in [0.4, 0.5) is 0 Å². The molecule has 0 aromatic heterocycles. The first kappa shape index (κ1) is 22.3. The highest BCUT2D eigenvalue weighted by Crippen LogP contribution is 2.66. The van der Waals surface area contributed by atoms with Gasteiger partial charge in [-0.2, -0.15) is 0 Å². The van der Waals surface area contributed by atoms with Crippen molar-refractivity contribution in [1.82, 2.24) is 0 Å². The lowest BCUT2D eigenvalue weighted by molar-refractivity contribution is -0.148. The lowest BCUT2D eigenvalue weighted by atomic mass is 9.53. The molecule has 0 N–H and O–H groups in total. The first-order valence-corrected chi connectivity index (χ1v) is 14.6. The predicted octanol–water partition coefficient (Wildman–Crippen LogP) is 5.97. The SMILES string of the molecule is C[C@H](C[C@H]1C[C@H](C)C(=O)O1)[C@]1(O[SiH](C)C)CCC2C(C(C)(C)C)CCC[C@]21C. The number of cyclic esters (lactones) is 1. The van der Waals surface area contributed by atoms with E-state index in [1.165, 1.54) is 32.1 Å². The summed E-state index contributed by atoms with van der Waals surface area (Å²) in [7, 11) is -1.20. The zero-order valence-corrected chi connectivity index (χ0v) is 20.8. The molecule has 0 spiro atoms. The maximum atomic E-state index is 11.9. The second-order valence-electron chi connectivity index (χ2n) is 11.8. The van der Waals surface area contributed by atoms with Gasteiger partial charge in [0.25, 0.3) is 0 Å². The number of fused-ring (bicyclic) bond motifs is 1. The molecule has 7 atom stereocenters. The molecule has 2 aliphatic carbocycles. The van der Waals surface area contributed by atoms with Crippen molar-refractivity contribution in [2.75, 3.05) is 0 Å². The number of hydrogen-bond acceptors (Lipinski definition) is 3. The van der Waals surface area contributed by atoms with E-state index in [1.807, 2.05) is 6.92 Å². The highest BCUT2D eigenvalue weighted by Gasteiger charge is 2.63. The summed E-state index contributed by atoms with van der Waals surface area (Å²) in [5, 5.41) is 0. The minimum Gasteiger partial charge on any atom is -0.462 e. The van der Waals surface area contributed by atoms with Crippen molar-refractivity contribution in [1.29, 1.82) is 0 Å². The van der Waals surface area contributed by atoms with Crippen molar-refractivity contribution in [2.24, 2.45) is 34.5 Å². The molecule has 0 radical (unpaired) electrons. The Morgan fingerprint density at radius 1 is 1.25 bits per heavy atom. The molecule has 1 saturated heterocycles. The molecule has 0 aromatic rings. The van der Waals surface area contributed by atoms with E-state index in [-0.39, 0.29) is 29.0 Å². The van der Waals surface area contributed by atoms with E-state index in [0.717, 1.165) is 24.7 Å². The Labute approximate surface area is 175 Å². The van der Waals surface area contributed by atoms with E-state index < -0.39 is 9.04 Å². The minimum atomic E-state index is -1.20. The predicted molar refractivity (Wildman–Crippen MR) is 118 cm³/mol. The van der Waals surface area contributed by atoms with Gasteiger partial charge in [-0.25, -0.2) is 0 Å². The average Bonchev–Trinajstić information content (AvgIpc) is 3.03. The summed E-state index contributed by atoms with van der Waals surface area (Å²) in [6.45, 7) is 18.9. The normalized spacial score (nSPS) is 42.5. The Kier molecular flexibility index (Phi) is 6.16. The highest BCUT2D eigenvalue weighted by atomic mass is 28.3. The third kappa shape index (κ3) is 3.73. The number of rotatable bonds is 5. The van der Waals surface area contributed by atoms with Crippen LogP contribution in [0.15, 0.2) is 0 Å². The Hall–Kier alpha value is -0.353. The lowest BCUT2D eigenvalue weighted by Gasteiger charge is -2.56. The lowest BCUT2D eigenvalue weighted by Crippen LogP contribution is -2.57. The molecule has 162 valence electrons. The van der Waals surface area contributed by atoms with Crippen LogP contribution in [-0.4, -0.2) is 26.7 Å². The van der Waals surface area contributed by atoms with E-state index in [2.05, 4.69) is 47.7 Å². The zero-order chi connectivity index (χ0) is 20.9. The fraction of sp³-hybridized carbons (Fsp3) is 0.958. The van der Waals surface area contributed by atoms with Crippen LogP contribution in [0.25, 0.3) is 0 Å². The van der Waals surface area contributed by atoms with Crippen molar-refractivity contribution in [3.8, 4) is 0 Å². The molecular weight excluding hydrogens is 364 g/mol. The van der Waals surface area contributed by atoms with Crippen LogP contribution in [0.1, 0.15) is 86.5 Å². The van der Waals surface area contributed by atoms with E-state index >= 15 is 0 Å². The Balaban J connectivity index is 1.89. The van der Waals surface area contributed by atoms with Crippen molar-refractivity contribution >= 4 is 15.0 Å². The third-order valence-electron chi connectivity index (χ3n) is 8.58. The molecule has 0 aromatic carbocycles. The summed E-state index contributed by atoms with van der Waals surface area (Å²) < 4.78 is 12.8. The number of carbonyl (C=O) groups excluding carboxylic acids is 1. The first-order valence-electron chi connectivity index (χ1n) is 11.8. The fourth-order valence-corrected chi connectivity index (χ4v) is 8.81. The number of esters is 1. The Morgan fingerprint density at radius 3 is 2.46 bits per heavy atom. The summed E-state index contributed by atoms with van der Waals surface area (Å²) in [4.78, 5) is 11.9. The van der Waals surface area contributed by atoms with Gasteiger partial charge in [-0.3, -0.25) is 4.79 Å². The van der Waals surface area contributed by atoms with Crippen LogP contribution in [0.2, 0.25) is 13.1 Å². The van der Waals surface area contributed by atoms with Crippen molar-refractivity contribution < 1.29 is 14.0 Å². The second-order valence-corrected chi connectivity index (χ2v) is 14.1. The third-order valence-corrected chi connectivity index (χ3v) is 9.47. The first-order chi connectivity index (χ1) is 12.9. The number of carbonyl (C=O) groups is 1. The maximum absolute atomic E-state index is 11.9. The molecule has 1 aliphatic heterocycles. The standard InChI is InChI=1S/C24H44O3Si/c1-16-14-18(26-21(16)25)15-17(2)24(27-28(7)8)13-11-20-19(22(3,4)5)10-9-12-23(20,24)6/h16-20,28H,9-15H2,1-8H3/t16-,17+,18+,19?,20?,23+,24+/m0/s1. The van der Waals surface area contributed by atoms with Crippen LogP contribution >= 0.6 is 0 Å². The van der Waals surface area contributed by atoms with Crippen LogP contribution < -0.4 is 0 Å². The van der Waals surface area contributed by atoms with Crippen LogP contribution in [0, 0.1) is 34.5 Å². The minimum absolute atomic E-state index is 0.00799. The average molecular weight is 409 g/mol. The van der Waals surface area contributed by atoms with E-state index in [9.17, 15) is 4.79 Å². The van der Waals surface area contributed by atoms with Gasteiger partial charge in [0.2, 0.25) is 0 Å². The summed E-state index contributed by atoms with van der Waals surface area (Å²) >= 11 is 0. The fourth-order valence-electron chi connectivity index (χ4n) is 7.34. The molecule has 4 heteroatoms. The molecule has 3 rings (SSSR count). The summed E-state index contributed by atoms with van der Waals surface area (Å²) in [5.74, 6) is 2.01. The molecule has 2 unspecified atom stereocenters. The van der Waals surface area contributed by atoms with Gasteiger partial charge in [0.15, 0.2) is 9.04 Å².